The van der Waals surface area contributed by atoms with Crippen molar-refractivity contribution in [2.24, 2.45) is 5.41 Å². The van der Waals surface area contributed by atoms with Gasteiger partial charge in [-0.15, -0.1) is 0 Å². The van der Waals surface area contributed by atoms with Crippen LogP contribution < -0.4 is 0 Å². The van der Waals surface area contributed by atoms with E-state index in [-0.39, 0.29) is 17.2 Å². The molecular formula is C27H56N2O4P2. The van der Waals surface area contributed by atoms with E-state index in [1.807, 2.05) is 23.4 Å². The zero-order valence-electron chi connectivity index (χ0n) is 24.0. The van der Waals surface area contributed by atoms with Gasteiger partial charge in [-0.1, -0.05) is 53.4 Å². The van der Waals surface area contributed by atoms with Gasteiger partial charge in [0, 0.05) is 54.1 Å². The molecule has 8 heteroatoms. The van der Waals surface area contributed by atoms with Crippen molar-refractivity contribution >= 4 is 28.0 Å². The molecule has 0 aliphatic heterocycles. The largest absolute Gasteiger partial charge is 0.374 e. The third-order valence-electron chi connectivity index (χ3n) is 6.19. The van der Waals surface area contributed by atoms with Crippen molar-refractivity contribution in [3.63, 3.8) is 0 Å². The van der Waals surface area contributed by atoms with Crippen molar-refractivity contribution in [2.75, 3.05) is 51.6 Å². The van der Waals surface area contributed by atoms with Gasteiger partial charge in [0.05, 0.1) is 13.0 Å². The van der Waals surface area contributed by atoms with Gasteiger partial charge in [0.15, 0.2) is 0 Å². The van der Waals surface area contributed by atoms with Crippen molar-refractivity contribution in [3.8, 4) is 0 Å². The molecule has 6 nitrogen and oxygen atoms in total. The van der Waals surface area contributed by atoms with E-state index >= 15 is 0 Å². The normalized spacial score (nSPS) is 13.5. The first-order valence-corrected chi connectivity index (χ1v) is 17.5. The second-order valence-corrected chi connectivity index (χ2v) is 14.4. The summed E-state index contributed by atoms with van der Waals surface area (Å²) in [5.74, 6) is 0.464. The van der Waals surface area contributed by atoms with Crippen LogP contribution in [-0.2, 0) is 14.3 Å². The summed E-state index contributed by atoms with van der Waals surface area (Å²) in [6, 6.07) is 0. The van der Waals surface area contributed by atoms with Crippen LogP contribution in [0.25, 0.3) is 0 Å². The molecule has 0 aliphatic carbocycles. The van der Waals surface area contributed by atoms with Crippen LogP contribution in [0.15, 0.2) is 0 Å². The van der Waals surface area contributed by atoms with Gasteiger partial charge >= 0.3 is 0 Å². The van der Waals surface area contributed by atoms with E-state index < -0.39 is 16.2 Å². The van der Waals surface area contributed by atoms with E-state index in [0.717, 1.165) is 70.2 Å². The number of rotatable bonds is 22. The SMILES string of the molecule is CCCCC(=O)N(CC)P(C)COCC(C)(C)CN(CC)C(=O)CCCCCCP(O)CCCC. The molecule has 208 valence electrons. The third kappa shape index (κ3) is 17.0. The molecule has 0 saturated heterocycles. The van der Waals surface area contributed by atoms with Crippen molar-refractivity contribution in [1.82, 2.24) is 9.57 Å². The Hall–Kier alpha value is -0.280. The topological polar surface area (TPSA) is 70.1 Å². The number of carbonyl (C=O) groups excluding carboxylic acids is 2. The predicted molar refractivity (Wildman–Crippen MR) is 153 cm³/mol. The van der Waals surface area contributed by atoms with Crippen LogP contribution >= 0.6 is 16.2 Å². The van der Waals surface area contributed by atoms with Gasteiger partial charge in [0.1, 0.15) is 0 Å². The second-order valence-electron chi connectivity index (χ2n) is 10.4. The van der Waals surface area contributed by atoms with E-state index in [2.05, 4.69) is 34.4 Å². The summed E-state index contributed by atoms with van der Waals surface area (Å²) >= 11 is 0. The predicted octanol–water partition coefficient (Wildman–Crippen LogP) is 7.04. The van der Waals surface area contributed by atoms with Crippen molar-refractivity contribution in [2.45, 2.75) is 106 Å². The average molecular weight is 535 g/mol. The molecule has 0 aromatic heterocycles. The molecule has 2 unspecified atom stereocenters. The van der Waals surface area contributed by atoms with Gasteiger partial charge in [0.25, 0.3) is 0 Å². The maximum Gasteiger partial charge on any atom is 0.225 e. The molecule has 0 saturated carbocycles. The second kappa shape index (κ2) is 20.7. The van der Waals surface area contributed by atoms with Crippen LogP contribution in [0.2, 0.25) is 0 Å². The zero-order chi connectivity index (χ0) is 26.7. The zero-order valence-corrected chi connectivity index (χ0v) is 25.8. The Balaban J connectivity index is 4.32. The molecular weight excluding hydrogens is 478 g/mol. The number of carbonyl (C=O) groups is 2. The summed E-state index contributed by atoms with van der Waals surface area (Å²) < 4.78 is 8.05. The van der Waals surface area contributed by atoms with Crippen molar-refractivity contribution in [1.29, 1.82) is 0 Å². The fourth-order valence-corrected chi connectivity index (χ4v) is 7.01. The summed E-state index contributed by atoms with van der Waals surface area (Å²) in [4.78, 5) is 37.2. The maximum atomic E-state index is 12.8. The quantitative estimate of drug-likeness (QED) is 0.119. The Morgan fingerprint density at radius 2 is 1.43 bits per heavy atom. The van der Waals surface area contributed by atoms with Crippen LogP contribution in [0.5, 0.6) is 0 Å². The minimum absolute atomic E-state index is 0.137. The first-order valence-electron chi connectivity index (χ1n) is 13.9. The highest BCUT2D eigenvalue weighted by Crippen LogP contribution is 2.37. The van der Waals surface area contributed by atoms with Crippen LogP contribution in [0, 0.1) is 5.41 Å². The van der Waals surface area contributed by atoms with Gasteiger partial charge in [-0.3, -0.25) is 9.59 Å². The minimum Gasteiger partial charge on any atom is -0.374 e. The van der Waals surface area contributed by atoms with Gasteiger partial charge in [0.2, 0.25) is 11.8 Å². The molecule has 0 heterocycles. The molecule has 0 radical (unpaired) electrons. The number of hydrogen-bond donors (Lipinski definition) is 1. The maximum absolute atomic E-state index is 12.8. The van der Waals surface area contributed by atoms with Crippen LogP contribution in [0.3, 0.4) is 0 Å². The highest BCUT2D eigenvalue weighted by molar-refractivity contribution is 7.54. The van der Waals surface area contributed by atoms with E-state index in [4.69, 9.17) is 4.74 Å². The first-order chi connectivity index (χ1) is 16.6. The summed E-state index contributed by atoms with van der Waals surface area (Å²) in [5, 5.41) is 0. The van der Waals surface area contributed by atoms with Crippen molar-refractivity contribution < 1.29 is 19.2 Å². The van der Waals surface area contributed by atoms with Crippen molar-refractivity contribution in [3.05, 3.63) is 0 Å². The van der Waals surface area contributed by atoms with Gasteiger partial charge in [-0.25, -0.2) is 0 Å². The molecule has 0 aliphatic rings. The lowest BCUT2D eigenvalue weighted by molar-refractivity contribution is -0.133. The Labute approximate surface area is 219 Å². The highest BCUT2D eigenvalue weighted by atomic mass is 31.1. The number of hydrogen-bond acceptors (Lipinski definition) is 4. The Morgan fingerprint density at radius 1 is 0.829 bits per heavy atom. The molecule has 0 aromatic carbocycles. The van der Waals surface area contributed by atoms with E-state index in [9.17, 15) is 14.5 Å². The number of ether oxygens (including phenoxy) is 1. The lowest BCUT2D eigenvalue weighted by Gasteiger charge is -2.33. The molecule has 2 atom stereocenters. The molecule has 0 aromatic rings. The molecule has 0 fully saturated rings. The third-order valence-corrected chi connectivity index (χ3v) is 9.75. The first kappa shape index (κ1) is 34.7. The lowest BCUT2D eigenvalue weighted by Crippen LogP contribution is -2.40. The summed E-state index contributed by atoms with van der Waals surface area (Å²) in [7, 11) is -1.42. The Morgan fingerprint density at radius 3 is 2.03 bits per heavy atom. The van der Waals surface area contributed by atoms with Crippen LogP contribution in [0.4, 0.5) is 0 Å². The number of amides is 2. The fourth-order valence-electron chi connectivity index (χ4n) is 4.06. The fraction of sp³-hybridized carbons (Fsp3) is 0.926. The van der Waals surface area contributed by atoms with Gasteiger partial charge in [-0.05, 0) is 58.5 Å². The van der Waals surface area contributed by atoms with E-state index in [0.29, 0.717) is 38.9 Å². The molecule has 2 amide bonds. The molecule has 35 heavy (non-hydrogen) atoms. The molecule has 0 bridgehead atoms. The van der Waals surface area contributed by atoms with Crippen LogP contribution in [-0.4, -0.2) is 77.9 Å². The molecule has 0 spiro atoms. The van der Waals surface area contributed by atoms with Crippen LogP contribution in [0.1, 0.15) is 106 Å². The minimum atomic E-state index is -0.774. The lowest BCUT2D eigenvalue weighted by atomic mass is 9.93. The summed E-state index contributed by atoms with van der Waals surface area (Å²) in [5.41, 5.74) is -0.137. The van der Waals surface area contributed by atoms with Gasteiger partial charge in [-0.2, -0.15) is 0 Å². The standard InChI is InChI=1S/C27H56N2O4P2/c1-8-12-18-26(31)29(11-4)34(7)24-33-23-27(5,6)22-28(10-3)25(30)19-16-14-15-17-21-35(32)20-13-9-2/h32H,8-24H2,1-7H3. The number of unbranched alkanes of at least 4 members (excludes halogenated alkanes) is 5. The average Bonchev–Trinajstić information content (AvgIpc) is 2.82. The van der Waals surface area contributed by atoms with E-state index in [1.54, 1.807) is 0 Å². The van der Waals surface area contributed by atoms with Gasteiger partial charge < -0.3 is 19.2 Å². The molecule has 0 rings (SSSR count). The van der Waals surface area contributed by atoms with E-state index in [1.165, 1.54) is 0 Å². The number of nitrogens with zero attached hydrogens (tertiary/aromatic N) is 2. The molecule has 1 N–H and O–H groups in total. The highest BCUT2D eigenvalue weighted by Gasteiger charge is 2.25. The monoisotopic (exact) mass is 534 g/mol. The summed E-state index contributed by atoms with van der Waals surface area (Å²) in [6.07, 6.45) is 12.1. The Bertz CT molecular complexity index is 563. The Kier molecular flexibility index (Phi) is 20.6. The smallest absolute Gasteiger partial charge is 0.225 e. The summed E-state index contributed by atoms with van der Waals surface area (Å²) in [6.45, 7) is 17.5.